The molecule has 0 unspecified atom stereocenters. The molecular formula is C25H27Cl2N5O3S. The van der Waals surface area contributed by atoms with Gasteiger partial charge in [0.15, 0.2) is 15.7 Å². The van der Waals surface area contributed by atoms with Crippen molar-refractivity contribution in [3.8, 4) is 11.8 Å². The number of hydrogen-bond donors (Lipinski definition) is 2. The predicted molar refractivity (Wildman–Crippen MR) is 143 cm³/mol. The monoisotopic (exact) mass is 547 g/mol. The Kier molecular flexibility index (Phi) is 8.04. The van der Waals surface area contributed by atoms with E-state index in [4.69, 9.17) is 33.7 Å². The molecule has 0 aliphatic rings. The Labute approximate surface area is 221 Å². The minimum absolute atomic E-state index is 0.0411. The molecular weight excluding hydrogens is 521 g/mol. The van der Waals surface area contributed by atoms with Gasteiger partial charge in [0.25, 0.3) is 0 Å². The maximum absolute atomic E-state index is 13.0. The van der Waals surface area contributed by atoms with Gasteiger partial charge in [0.2, 0.25) is 5.28 Å². The SMILES string of the molecule is Cc1cc(N)c(OCc2ccc(S(=O)(=O)C(C)C)c(Nc3nc(Cl)ncc3Cl)c2)cc1C(C)(C)C#N. The third-order valence-electron chi connectivity index (χ3n) is 5.64. The zero-order valence-electron chi connectivity index (χ0n) is 20.6. The third-order valence-corrected chi connectivity index (χ3v) is 8.31. The van der Waals surface area contributed by atoms with Gasteiger partial charge in [-0.15, -0.1) is 0 Å². The number of nitrogens with two attached hydrogens (primary N) is 1. The number of nitriles is 1. The van der Waals surface area contributed by atoms with Gasteiger partial charge in [0.05, 0.1) is 39.2 Å². The Morgan fingerprint density at radius 3 is 2.56 bits per heavy atom. The summed E-state index contributed by atoms with van der Waals surface area (Å²) in [6.45, 7) is 8.84. The summed E-state index contributed by atoms with van der Waals surface area (Å²) < 4.78 is 32.0. The molecule has 0 aliphatic heterocycles. The number of halogens is 2. The molecule has 3 N–H and O–H groups in total. The van der Waals surface area contributed by atoms with E-state index in [1.807, 2.05) is 20.8 Å². The Bertz CT molecular complexity index is 1450. The minimum Gasteiger partial charge on any atom is -0.487 e. The van der Waals surface area contributed by atoms with Gasteiger partial charge in [-0.25, -0.2) is 13.4 Å². The van der Waals surface area contributed by atoms with Crippen LogP contribution in [0.2, 0.25) is 10.3 Å². The summed E-state index contributed by atoms with van der Waals surface area (Å²) in [5.41, 5.74) is 8.52. The molecule has 1 aromatic heterocycles. The number of benzene rings is 2. The van der Waals surface area contributed by atoms with E-state index >= 15 is 0 Å². The molecule has 2 aromatic carbocycles. The van der Waals surface area contributed by atoms with E-state index < -0.39 is 20.5 Å². The normalized spacial score (nSPS) is 11.9. The lowest BCUT2D eigenvalue weighted by Gasteiger charge is -2.21. The largest absolute Gasteiger partial charge is 0.487 e. The second-order valence-electron chi connectivity index (χ2n) is 9.12. The van der Waals surface area contributed by atoms with Crippen molar-refractivity contribution in [1.29, 1.82) is 5.26 Å². The van der Waals surface area contributed by atoms with Crippen LogP contribution in [0.25, 0.3) is 0 Å². The van der Waals surface area contributed by atoms with Crippen molar-refractivity contribution in [2.45, 2.75) is 56.8 Å². The first-order valence-electron chi connectivity index (χ1n) is 11.0. The van der Waals surface area contributed by atoms with E-state index in [-0.39, 0.29) is 33.3 Å². The van der Waals surface area contributed by atoms with E-state index in [2.05, 4.69) is 21.4 Å². The van der Waals surface area contributed by atoms with E-state index in [1.165, 1.54) is 12.3 Å². The fraction of sp³-hybridized carbons (Fsp3) is 0.320. The lowest BCUT2D eigenvalue weighted by Crippen LogP contribution is -2.17. The van der Waals surface area contributed by atoms with Crippen LogP contribution in [0.3, 0.4) is 0 Å². The maximum Gasteiger partial charge on any atom is 0.224 e. The molecule has 36 heavy (non-hydrogen) atoms. The Hall–Kier alpha value is -3.06. The fourth-order valence-electron chi connectivity index (χ4n) is 3.56. The zero-order valence-corrected chi connectivity index (χ0v) is 22.9. The van der Waals surface area contributed by atoms with Crippen LogP contribution in [-0.2, 0) is 21.9 Å². The summed E-state index contributed by atoms with van der Waals surface area (Å²) >= 11 is 12.1. The van der Waals surface area contributed by atoms with E-state index in [0.717, 1.165) is 11.1 Å². The summed E-state index contributed by atoms with van der Waals surface area (Å²) in [6, 6.07) is 10.7. The first-order valence-corrected chi connectivity index (χ1v) is 13.3. The molecule has 0 saturated heterocycles. The summed E-state index contributed by atoms with van der Waals surface area (Å²) in [5, 5.41) is 12.0. The number of aromatic nitrogens is 2. The molecule has 0 amide bonds. The molecule has 3 rings (SSSR count). The Morgan fingerprint density at radius 1 is 1.22 bits per heavy atom. The summed E-state index contributed by atoms with van der Waals surface area (Å²) in [4.78, 5) is 7.96. The predicted octanol–water partition coefficient (Wildman–Crippen LogP) is 5.98. The summed E-state index contributed by atoms with van der Waals surface area (Å²) in [5.74, 6) is 0.596. The molecule has 1 heterocycles. The van der Waals surface area contributed by atoms with Crippen molar-refractivity contribution in [1.82, 2.24) is 9.97 Å². The van der Waals surface area contributed by atoms with Crippen LogP contribution < -0.4 is 15.8 Å². The van der Waals surface area contributed by atoms with E-state index in [1.54, 1.807) is 38.1 Å². The van der Waals surface area contributed by atoms with Crippen molar-refractivity contribution in [2.75, 3.05) is 11.1 Å². The van der Waals surface area contributed by atoms with Crippen molar-refractivity contribution >= 4 is 50.2 Å². The molecule has 0 spiro atoms. The topological polar surface area (TPSA) is 131 Å². The Morgan fingerprint density at radius 2 is 1.92 bits per heavy atom. The third kappa shape index (κ3) is 5.84. The number of rotatable bonds is 8. The average molecular weight is 548 g/mol. The maximum atomic E-state index is 13.0. The van der Waals surface area contributed by atoms with Crippen LogP contribution >= 0.6 is 23.2 Å². The average Bonchev–Trinajstić information content (AvgIpc) is 2.80. The number of anilines is 3. The number of nitrogen functional groups attached to an aromatic ring is 1. The molecule has 3 aromatic rings. The highest BCUT2D eigenvalue weighted by molar-refractivity contribution is 7.92. The molecule has 8 nitrogen and oxygen atoms in total. The molecule has 0 atom stereocenters. The number of nitrogens with one attached hydrogen (secondary N) is 1. The highest BCUT2D eigenvalue weighted by atomic mass is 35.5. The number of ether oxygens (including phenoxy) is 1. The second kappa shape index (κ2) is 10.5. The fourth-order valence-corrected chi connectivity index (χ4v) is 5.01. The first-order chi connectivity index (χ1) is 16.8. The highest BCUT2D eigenvalue weighted by Crippen LogP contribution is 2.35. The van der Waals surface area contributed by atoms with Gasteiger partial charge in [-0.1, -0.05) is 17.7 Å². The van der Waals surface area contributed by atoms with Gasteiger partial charge >= 0.3 is 0 Å². The first kappa shape index (κ1) is 27.5. The van der Waals surface area contributed by atoms with Crippen LogP contribution in [0.4, 0.5) is 17.2 Å². The molecule has 0 aliphatic carbocycles. The lowest BCUT2D eigenvalue weighted by molar-refractivity contribution is 0.307. The zero-order chi connectivity index (χ0) is 26.8. The van der Waals surface area contributed by atoms with Crippen molar-refractivity contribution < 1.29 is 13.2 Å². The molecule has 0 radical (unpaired) electrons. The smallest absolute Gasteiger partial charge is 0.224 e. The molecule has 190 valence electrons. The highest BCUT2D eigenvalue weighted by Gasteiger charge is 2.25. The van der Waals surface area contributed by atoms with Crippen LogP contribution in [0, 0.1) is 18.3 Å². The molecule has 0 saturated carbocycles. The van der Waals surface area contributed by atoms with Crippen molar-refractivity contribution in [3.05, 3.63) is 63.5 Å². The Balaban J connectivity index is 2.00. The van der Waals surface area contributed by atoms with Gasteiger partial charge in [-0.2, -0.15) is 10.2 Å². The summed E-state index contributed by atoms with van der Waals surface area (Å²) in [6.07, 6.45) is 1.32. The van der Waals surface area contributed by atoms with Crippen LogP contribution in [0.5, 0.6) is 5.75 Å². The van der Waals surface area contributed by atoms with Crippen LogP contribution in [0.1, 0.15) is 44.4 Å². The molecule has 0 fully saturated rings. The van der Waals surface area contributed by atoms with E-state index in [9.17, 15) is 13.7 Å². The van der Waals surface area contributed by atoms with Gasteiger partial charge in [-0.05, 0) is 87.2 Å². The second-order valence-corrected chi connectivity index (χ2v) is 12.3. The van der Waals surface area contributed by atoms with Crippen molar-refractivity contribution in [3.63, 3.8) is 0 Å². The standard InChI is InChI=1S/C25H27Cl2N5O3S/c1-14(2)36(33,34)22-7-6-16(9-20(22)31-23-18(26)11-30-24(27)32-23)12-35-21-10-17(25(4,5)13-28)15(3)8-19(21)29/h6-11,14H,12,29H2,1-5H3,(H,30,31,32). The van der Waals surface area contributed by atoms with Crippen molar-refractivity contribution in [2.24, 2.45) is 0 Å². The van der Waals surface area contributed by atoms with Gasteiger partial charge in [0.1, 0.15) is 17.4 Å². The van der Waals surface area contributed by atoms with Gasteiger partial charge in [-0.3, -0.25) is 0 Å². The minimum atomic E-state index is -3.64. The summed E-state index contributed by atoms with van der Waals surface area (Å²) in [7, 11) is -3.64. The number of aryl methyl sites for hydroxylation is 1. The number of hydrogen-bond acceptors (Lipinski definition) is 8. The number of nitrogens with zero attached hydrogens (tertiary/aromatic N) is 3. The van der Waals surface area contributed by atoms with Gasteiger partial charge in [0, 0.05) is 0 Å². The van der Waals surface area contributed by atoms with Gasteiger partial charge < -0.3 is 15.8 Å². The number of sulfone groups is 1. The van der Waals surface area contributed by atoms with Crippen LogP contribution in [-0.4, -0.2) is 23.6 Å². The van der Waals surface area contributed by atoms with Crippen LogP contribution in [0.15, 0.2) is 41.4 Å². The molecule has 0 bridgehead atoms. The lowest BCUT2D eigenvalue weighted by atomic mass is 9.83. The quantitative estimate of drug-likeness (QED) is 0.260. The van der Waals surface area contributed by atoms with E-state index in [0.29, 0.717) is 17.0 Å². The molecule has 11 heteroatoms.